The quantitative estimate of drug-likeness (QED) is 0.813. The molecule has 0 saturated heterocycles. The van der Waals surface area contributed by atoms with Gasteiger partial charge in [0, 0.05) is 19.6 Å². The van der Waals surface area contributed by atoms with E-state index in [1.807, 2.05) is 13.8 Å². The van der Waals surface area contributed by atoms with Gasteiger partial charge in [-0.2, -0.15) is 13.2 Å². The van der Waals surface area contributed by atoms with Crippen molar-refractivity contribution in [1.29, 1.82) is 0 Å². The molecule has 0 aliphatic heterocycles. The minimum Gasteiger partial charge on any atom is -0.382 e. The van der Waals surface area contributed by atoms with Gasteiger partial charge in [0.2, 0.25) is 5.91 Å². The van der Waals surface area contributed by atoms with Gasteiger partial charge in [0.25, 0.3) is 0 Å². The van der Waals surface area contributed by atoms with Gasteiger partial charge in [-0.3, -0.25) is 9.69 Å². The maximum Gasteiger partial charge on any atom is 0.415 e. The monoisotopic (exact) mass is 270 g/mol. The van der Waals surface area contributed by atoms with E-state index in [4.69, 9.17) is 5.11 Å². The third-order valence-electron chi connectivity index (χ3n) is 2.98. The predicted octanol–water partition coefficient (Wildman–Crippen LogP) is 1.10. The molecule has 2 unspecified atom stereocenters. The number of halogens is 3. The summed E-state index contributed by atoms with van der Waals surface area (Å²) in [5.74, 6) is -0.276. The van der Waals surface area contributed by atoms with Crippen LogP contribution in [0, 0.1) is 0 Å². The van der Waals surface area contributed by atoms with Crippen LogP contribution in [0.1, 0.15) is 20.8 Å². The first kappa shape index (κ1) is 17.2. The molecule has 0 radical (unpaired) electrons. The largest absolute Gasteiger partial charge is 0.415 e. The Hall–Kier alpha value is -0.820. The molecule has 2 atom stereocenters. The molecule has 1 amide bonds. The van der Waals surface area contributed by atoms with Gasteiger partial charge in [-0.05, 0) is 27.8 Å². The van der Waals surface area contributed by atoms with Crippen molar-refractivity contribution in [3.63, 3.8) is 0 Å². The number of carbonyl (C=O) groups is 1. The van der Waals surface area contributed by atoms with E-state index in [9.17, 15) is 18.0 Å². The lowest BCUT2D eigenvalue weighted by atomic mass is 10.2. The summed E-state index contributed by atoms with van der Waals surface area (Å²) in [5.41, 5.74) is 0. The number of amides is 1. The van der Waals surface area contributed by atoms with Crippen molar-refractivity contribution in [2.75, 3.05) is 20.6 Å². The molecule has 0 bridgehead atoms. The molecule has 0 aliphatic carbocycles. The van der Waals surface area contributed by atoms with Crippen molar-refractivity contribution in [1.82, 2.24) is 9.80 Å². The Morgan fingerprint density at radius 2 is 1.67 bits per heavy atom. The van der Waals surface area contributed by atoms with E-state index < -0.39 is 24.9 Å². The summed E-state index contributed by atoms with van der Waals surface area (Å²) in [6.07, 6.45) is -7.11. The molecule has 4 nitrogen and oxygen atoms in total. The Bertz CT molecular complexity index is 282. The number of alkyl halides is 3. The highest BCUT2D eigenvalue weighted by Crippen LogP contribution is 2.21. The first-order valence-corrected chi connectivity index (χ1v) is 5.70. The minimum atomic E-state index is -4.67. The Morgan fingerprint density at radius 1 is 1.22 bits per heavy atom. The molecule has 108 valence electrons. The zero-order valence-electron chi connectivity index (χ0n) is 11.3. The van der Waals surface area contributed by atoms with E-state index in [0.29, 0.717) is 0 Å². The molecule has 0 saturated carbocycles. The van der Waals surface area contributed by atoms with Crippen LogP contribution in [0.4, 0.5) is 13.2 Å². The fourth-order valence-corrected chi connectivity index (χ4v) is 1.27. The van der Waals surface area contributed by atoms with Crippen LogP contribution in [0.25, 0.3) is 0 Å². The summed E-state index contributed by atoms with van der Waals surface area (Å²) < 4.78 is 36.6. The van der Waals surface area contributed by atoms with E-state index in [1.165, 1.54) is 23.8 Å². The summed E-state index contributed by atoms with van der Waals surface area (Å²) >= 11 is 0. The van der Waals surface area contributed by atoms with E-state index >= 15 is 0 Å². The van der Waals surface area contributed by atoms with Gasteiger partial charge in [0.05, 0.1) is 6.04 Å². The molecule has 0 fully saturated rings. The molecule has 0 heterocycles. The van der Waals surface area contributed by atoms with Crippen molar-refractivity contribution in [2.45, 2.75) is 45.1 Å². The van der Waals surface area contributed by atoms with Crippen LogP contribution in [0.3, 0.4) is 0 Å². The standard InChI is InChI=1S/C11H21F3N2O2/c1-7(2)16(5)10(18)8(3)15(4)6-9(17)11(12,13)14/h7-9,17H,6H2,1-5H3. The topological polar surface area (TPSA) is 43.8 Å². The lowest BCUT2D eigenvalue weighted by Crippen LogP contribution is -2.50. The summed E-state index contributed by atoms with van der Waals surface area (Å²) in [6.45, 7) is 4.52. The molecule has 0 aromatic heterocycles. The fraction of sp³-hybridized carbons (Fsp3) is 0.909. The van der Waals surface area contributed by atoms with Crippen molar-refractivity contribution in [3.8, 4) is 0 Å². The maximum absolute atomic E-state index is 12.2. The zero-order valence-corrected chi connectivity index (χ0v) is 11.3. The molecule has 0 rings (SSSR count). The molecule has 7 heteroatoms. The average Bonchev–Trinajstić information content (AvgIpc) is 2.24. The van der Waals surface area contributed by atoms with E-state index in [-0.39, 0.29) is 11.9 Å². The summed E-state index contributed by atoms with van der Waals surface area (Å²) in [7, 11) is 2.98. The number of hydrogen-bond acceptors (Lipinski definition) is 3. The van der Waals surface area contributed by atoms with Gasteiger partial charge in [0.15, 0.2) is 6.10 Å². The van der Waals surface area contributed by atoms with Crippen LogP contribution in [0.5, 0.6) is 0 Å². The molecule has 0 aromatic carbocycles. The molecule has 18 heavy (non-hydrogen) atoms. The highest BCUT2D eigenvalue weighted by molar-refractivity contribution is 5.81. The van der Waals surface area contributed by atoms with Crippen molar-refractivity contribution < 1.29 is 23.1 Å². The minimum absolute atomic E-state index is 0.0270. The van der Waals surface area contributed by atoms with Gasteiger partial charge in [-0.1, -0.05) is 0 Å². The van der Waals surface area contributed by atoms with E-state index in [2.05, 4.69) is 0 Å². The van der Waals surface area contributed by atoms with Gasteiger partial charge < -0.3 is 10.0 Å². The Balaban J connectivity index is 4.52. The lowest BCUT2D eigenvalue weighted by Gasteiger charge is -2.31. The number of hydrogen-bond donors (Lipinski definition) is 1. The number of carbonyl (C=O) groups excluding carboxylic acids is 1. The second kappa shape index (κ2) is 6.38. The molecule has 0 aliphatic rings. The Labute approximate surface area is 105 Å². The van der Waals surface area contributed by atoms with Gasteiger partial charge >= 0.3 is 6.18 Å². The maximum atomic E-state index is 12.2. The molecular formula is C11H21F3N2O2. The number of likely N-dealkylation sites (N-methyl/N-ethyl adjacent to an activating group) is 2. The molecule has 0 aromatic rings. The van der Waals surface area contributed by atoms with Crippen molar-refractivity contribution in [2.24, 2.45) is 0 Å². The molecular weight excluding hydrogens is 249 g/mol. The Morgan fingerprint density at radius 3 is 2.00 bits per heavy atom. The van der Waals surface area contributed by atoms with Crippen LogP contribution in [-0.2, 0) is 4.79 Å². The first-order chi connectivity index (χ1) is 7.98. The third-order valence-corrected chi connectivity index (χ3v) is 2.98. The van der Waals surface area contributed by atoms with Crippen LogP contribution >= 0.6 is 0 Å². The highest BCUT2D eigenvalue weighted by Gasteiger charge is 2.39. The lowest BCUT2D eigenvalue weighted by molar-refractivity contribution is -0.208. The van der Waals surface area contributed by atoms with Gasteiger partial charge in [-0.25, -0.2) is 0 Å². The van der Waals surface area contributed by atoms with E-state index in [0.717, 1.165) is 0 Å². The smallest absolute Gasteiger partial charge is 0.382 e. The van der Waals surface area contributed by atoms with Crippen LogP contribution in [-0.4, -0.2) is 65.8 Å². The van der Waals surface area contributed by atoms with Crippen LogP contribution < -0.4 is 0 Å². The second-order valence-electron chi connectivity index (χ2n) is 4.72. The van der Waals surface area contributed by atoms with Gasteiger partial charge in [-0.15, -0.1) is 0 Å². The first-order valence-electron chi connectivity index (χ1n) is 5.70. The number of rotatable bonds is 5. The number of aliphatic hydroxyl groups excluding tert-OH is 1. The Kier molecular flexibility index (Phi) is 6.09. The molecule has 1 N–H and O–H groups in total. The zero-order chi connectivity index (χ0) is 14.7. The summed E-state index contributed by atoms with van der Waals surface area (Å²) in [5, 5.41) is 8.94. The van der Waals surface area contributed by atoms with Crippen LogP contribution in [0.2, 0.25) is 0 Å². The highest BCUT2D eigenvalue weighted by atomic mass is 19.4. The molecule has 0 spiro atoms. The summed E-state index contributed by atoms with van der Waals surface area (Å²) in [6, 6.07) is -0.740. The SMILES string of the molecule is CC(C(=O)N(C)C(C)C)N(C)CC(O)C(F)(F)F. The summed E-state index contributed by atoms with van der Waals surface area (Å²) in [4.78, 5) is 14.5. The predicted molar refractivity (Wildman–Crippen MR) is 62.1 cm³/mol. The third kappa shape index (κ3) is 4.81. The number of nitrogens with zero attached hydrogens (tertiary/aromatic N) is 2. The fourth-order valence-electron chi connectivity index (χ4n) is 1.27. The number of aliphatic hydroxyl groups is 1. The van der Waals surface area contributed by atoms with Gasteiger partial charge in [0.1, 0.15) is 0 Å². The van der Waals surface area contributed by atoms with Crippen molar-refractivity contribution in [3.05, 3.63) is 0 Å². The normalized spacial score (nSPS) is 15.9. The average molecular weight is 270 g/mol. The van der Waals surface area contributed by atoms with Crippen LogP contribution in [0.15, 0.2) is 0 Å². The van der Waals surface area contributed by atoms with E-state index in [1.54, 1.807) is 7.05 Å². The van der Waals surface area contributed by atoms with Crippen molar-refractivity contribution >= 4 is 5.91 Å². The second-order valence-corrected chi connectivity index (χ2v) is 4.72.